The molecule has 0 unspecified atom stereocenters. The maximum absolute atomic E-state index is 11.5. The molecule has 5 heteroatoms. The van der Waals surface area contributed by atoms with Gasteiger partial charge in [0.1, 0.15) is 0 Å². The van der Waals surface area contributed by atoms with E-state index in [0.29, 0.717) is 32.7 Å². The number of carbonyl (C=O) groups is 2. The Hall–Kier alpha value is -1.26. The van der Waals surface area contributed by atoms with E-state index in [4.69, 9.17) is 4.74 Å². The molecule has 1 saturated heterocycles. The SMILES string of the molecule is CCOC(=O)N1CCCN(C(=O)CC)CC1. The molecule has 5 nitrogen and oxygen atoms in total. The van der Waals surface area contributed by atoms with Crippen molar-refractivity contribution in [3.8, 4) is 0 Å². The average molecular weight is 228 g/mol. The molecule has 0 atom stereocenters. The molecule has 92 valence electrons. The third-order valence-electron chi connectivity index (χ3n) is 2.68. The molecule has 0 spiro atoms. The highest BCUT2D eigenvalue weighted by Crippen LogP contribution is 2.06. The first-order chi connectivity index (χ1) is 7.69. The highest BCUT2D eigenvalue weighted by Gasteiger charge is 2.21. The number of hydrogen-bond donors (Lipinski definition) is 0. The summed E-state index contributed by atoms with van der Waals surface area (Å²) in [4.78, 5) is 26.5. The summed E-state index contributed by atoms with van der Waals surface area (Å²) in [5, 5.41) is 0. The summed E-state index contributed by atoms with van der Waals surface area (Å²) in [5.41, 5.74) is 0. The number of ether oxygens (including phenoxy) is 1. The third-order valence-corrected chi connectivity index (χ3v) is 2.68. The van der Waals surface area contributed by atoms with E-state index >= 15 is 0 Å². The quantitative estimate of drug-likeness (QED) is 0.710. The lowest BCUT2D eigenvalue weighted by atomic mass is 10.3. The van der Waals surface area contributed by atoms with Crippen LogP contribution in [0.3, 0.4) is 0 Å². The summed E-state index contributed by atoms with van der Waals surface area (Å²) in [7, 11) is 0. The molecule has 1 aliphatic rings. The van der Waals surface area contributed by atoms with Crippen molar-refractivity contribution < 1.29 is 14.3 Å². The minimum atomic E-state index is -0.270. The molecule has 0 aromatic heterocycles. The topological polar surface area (TPSA) is 49.9 Å². The Balaban J connectivity index is 2.46. The molecule has 0 aliphatic carbocycles. The maximum atomic E-state index is 11.5. The van der Waals surface area contributed by atoms with Gasteiger partial charge in [-0.1, -0.05) is 6.92 Å². The summed E-state index contributed by atoms with van der Waals surface area (Å²) >= 11 is 0. The van der Waals surface area contributed by atoms with E-state index in [-0.39, 0.29) is 12.0 Å². The van der Waals surface area contributed by atoms with Gasteiger partial charge in [-0.2, -0.15) is 0 Å². The number of carbonyl (C=O) groups excluding carboxylic acids is 2. The molecule has 16 heavy (non-hydrogen) atoms. The van der Waals surface area contributed by atoms with Crippen LogP contribution in [0.4, 0.5) is 4.79 Å². The standard InChI is InChI=1S/C11H20N2O3/c1-3-10(14)12-6-5-7-13(9-8-12)11(15)16-4-2/h3-9H2,1-2H3. The summed E-state index contributed by atoms with van der Waals surface area (Å²) in [6.45, 7) is 6.65. The molecular formula is C11H20N2O3. The van der Waals surface area contributed by atoms with E-state index in [2.05, 4.69) is 0 Å². The molecule has 0 bridgehead atoms. The first kappa shape index (κ1) is 12.8. The largest absolute Gasteiger partial charge is 0.450 e. The zero-order valence-corrected chi connectivity index (χ0v) is 10.1. The fraction of sp³-hybridized carbons (Fsp3) is 0.818. The predicted molar refractivity (Wildman–Crippen MR) is 60.1 cm³/mol. The van der Waals surface area contributed by atoms with E-state index in [1.807, 2.05) is 11.8 Å². The molecule has 1 rings (SSSR count). The van der Waals surface area contributed by atoms with Gasteiger partial charge < -0.3 is 14.5 Å². The fourth-order valence-corrected chi connectivity index (χ4v) is 1.79. The number of rotatable bonds is 2. The van der Waals surface area contributed by atoms with Crippen molar-refractivity contribution in [2.45, 2.75) is 26.7 Å². The Labute approximate surface area is 96.3 Å². The third kappa shape index (κ3) is 3.40. The average Bonchev–Trinajstić information content (AvgIpc) is 2.53. The molecule has 1 heterocycles. The van der Waals surface area contributed by atoms with Crippen LogP contribution in [0, 0.1) is 0 Å². The van der Waals surface area contributed by atoms with Gasteiger partial charge in [-0.05, 0) is 13.3 Å². The van der Waals surface area contributed by atoms with E-state index in [1.165, 1.54) is 0 Å². The Morgan fingerprint density at radius 1 is 1.06 bits per heavy atom. The van der Waals surface area contributed by atoms with Crippen molar-refractivity contribution in [3.63, 3.8) is 0 Å². The van der Waals surface area contributed by atoms with Gasteiger partial charge >= 0.3 is 6.09 Å². The second-order valence-electron chi connectivity index (χ2n) is 3.77. The first-order valence-electron chi connectivity index (χ1n) is 5.88. The normalized spacial score (nSPS) is 16.9. The van der Waals surface area contributed by atoms with Crippen LogP contribution in [-0.2, 0) is 9.53 Å². The lowest BCUT2D eigenvalue weighted by Gasteiger charge is -2.21. The van der Waals surface area contributed by atoms with Crippen LogP contribution in [-0.4, -0.2) is 54.6 Å². The number of nitrogens with zero attached hydrogens (tertiary/aromatic N) is 2. The summed E-state index contributed by atoms with van der Waals surface area (Å²) in [5.74, 6) is 0.158. The Morgan fingerprint density at radius 2 is 1.69 bits per heavy atom. The molecular weight excluding hydrogens is 208 g/mol. The lowest BCUT2D eigenvalue weighted by molar-refractivity contribution is -0.130. The zero-order chi connectivity index (χ0) is 12.0. The van der Waals surface area contributed by atoms with E-state index < -0.39 is 0 Å². The van der Waals surface area contributed by atoms with Crippen LogP contribution >= 0.6 is 0 Å². The van der Waals surface area contributed by atoms with Crippen molar-refractivity contribution in [2.24, 2.45) is 0 Å². The van der Waals surface area contributed by atoms with Gasteiger partial charge in [-0.15, -0.1) is 0 Å². The summed E-state index contributed by atoms with van der Waals surface area (Å²) in [6, 6.07) is 0. The zero-order valence-electron chi connectivity index (χ0n) is 10.1. The van der Waals surface area contributed by atoms with Crippen LogP contribution in [0.2, 0.25) is 0 Å². The second kappa shape index (κ2) is 6.35. The van der Waals surface area contributed by atoms with Crippen molar-refractivity contribution >= 4 is 12.0 Å². The molecule has 0 saturated carbocycles. The van der Waals surface area contributed by atoms with Crippen molar-refractivity contribution in [3.05, 3.63) is 0 Å². The molecule has 0 N–H and O–H groups in total. The first-order valence-corrected chi connectivity index (χ1v) is 5.88. The van der Waals surface area contributed by atoms with Gasteiger partial charge in [0.25, 0.3) is 0 Å². The van der Waals surface area contributed by atoms with Gasteiger partial charge in [-0.25, -0.2) is 4.79 Å². The summed E-state index contributed by atoms with van der Waals surface area (Å²) in [6.07, 6.45) is 1.08. The monoisotopic (exact) mass is 228 g/mol. The van der Waals surface area contributed by atoms with Crippen molar-refractivity contribution in [1.29, 1.82) is 0 Å². The molecule has 0 aromatic rings. The number of hydrogen-bond acceptors (Lipinski definition) is 3. The van der Waals surface area contributed by atoms with E-state index in [9.17, 15) is 9.59 Å². The Kier molecular flexibility index (Phi) is 5.08. The van der Waals surface area contributed by atoms with Gasteiger partial charge in [0, 0.05) is 32.6 Å². The van der Waals surface area contributed by atoms with Crippen LogP contribution < -0.4 is 0 Å². The van der Waals surface area contributed by atoms with Crippen LogP contribution in [0.15, 0.2) is 0 Å². The van der Waals surface area contributed by atoms with Gasteiger partial charge in [-0.3, -0.25) is 4.79 Å². The molecule has 1 fully saturated rings. The smallest absolute Gasteiger partial charge is 0.409 e. The van der Waals surface area contributed by atoms with Crippen LogP contribution in [0.1, 0.15) is 26.7 Å². The second-order valence-corrected chi connectivity index (χ2v) is 3.77. The van der Waals surface area contributed by atoms with E-state index in [1.54, 1.807) is 11.8 Å². The minimum Gasteiger partial charge on any atom is -0.450 e. The Bertz CT molecular complexity index is 256. The van der Waals surface area contributed by atoms with E-state index in [0.717, 1.165) is 13.0 Å². The van der Waals surface area contributed by atoms with Crippen molar-refractivity contribution in [1.82, 2.24) is 9.80 Å². The lowest BCUT2D eigenvalue weighted by Crippen LogP contribution is -2.37. The molecule has 1 aliphatic heterocycles. The Morgan fingerprint density at radius 3 is 2.31 bits per heavy atom. The van der Waals surface area contributed by atoms with Crippen molar-refractivity contribution in [2.75, 3.05) is 32.8 Å². The molecule has 0 radical (unpaired) electrons. The molecule has 0 aromatic carbocycles. The highest BCUT2D eigenvalue weighted by molar-refractivity contribution is 5.76. The van der Waals surface area contributed by atoms with Crippen LogP contribution in [0.25, 0.3) is 0 Å². The molecule has 2 amide bonds. The minimum absolute atomic E-state index is 0.158. The van der Waals surface area contributed by atoms with Crippen LogP contribution in [0.5, 0.6) is 0 Å². The van der Waals surface area contributed by atoms with Gasteiger partial charge in [0.15, 0.2) is 0 Å². The summed E-state index contributed by atoms with van der Waals surface area (Å²) < 4.78 is 4.94. The predicted octanol–water partition coefficient (Wildman–Crippen LogP) is 1.09. The highest BCUT2D eigenvalue weighted by atomic mass is 16.6. The van der Waals surface area contributed by atoms with Gasteiger partial charge in [0.05, 0.1) is 6.61 Å². The number of amides is 2. The fourth-order valence-electron chi connectivity index (χ4n) is 1.79. The van der Waals surface area contributed by atoms with Gasteiger partial charge in [0.2, 0.25) is 5.91 Å². The maximum Gasteiger partial charge on any atom is 0.409 e.